The Labute approximate surface area is 125 Å². The average Bonchev–Trinajstić information content (AvgIpc) is 2.98. The van der Waals surface area contributed by atoms with Crippen LogP contribution in [-0.4, -0.2) is 12.3 Å². The molecule has 2 aromatic carbocycles. The Kier molecular flexibility index (Phi) is 3.93. The molecule has 1 heterocycles. The predicted octanol–water partition coefficient (Wildman–Crippen LogP) is 4.25. The van der Waals surface area contributed by atoms with Crippen molar-refractivity contribution in [2.45, 2.75) is 12.8 Å². The fourth-order valence-electron chi connectivity index (χ4n) is 2.69. The van der Waals surface area contributed by atoms with Crippen LogP contribution < -0.4 is 0 Å². The lowest BCUT2D eigenvalue weighted by Crippen LogP contribution is -2.02. The summed E-state index contributed by atoms with van der Waals surface area (Å²) in [6, 6.07) is 22.9. The summed E-state index contributed by atoms with van der Waals surface area (Å²) in [7, 11) is 0. The van der Waals surface area contributed by atoms with E-state index in [1.54, 1.807) is 0 Å². The van der Waals surface area contributed by atoms with Crippen molar-refractivity contribution < 1.29 is 0 Å². The minimum atomic E-state index is 0.545. The Morgan fingerprint density at radius 2 is 1.52 bits per heavy atom. The largest absolute Gasteiger partial charge is 0.280 e. The lowest BCUT2D eigenvalue weighted by molar-refractivity contribution is 0.956. The Balaban J connectivity index is 2.05. The van der Waals surface area contributed by atoms with Crippen LogP contribution in [0, 0.1) is 11.3 Å². The molecule has 21 heavy (non-hydrogen) atoms. The van der Waals surface area contributed by atoms with Gasteiger partial charge in [0.25, 0.3) is 0 Å². The van der Waals surface area contributed by atoms with Crippen molar-refractivity contribution in [2.24, 2.45) is 4.99 Å². The number of nitrogens with zero attached hydrogens (tertiary/aromatic N) is 2. The summed E-state index contributed by atoms with van der Waals surface area (Å²) in [6.45, 7) is 0.704. The molecule has 0 spiro atoms. The van der Waals surface area contributed by atoms with Gasteiger partial charge in [0.2, 0.25) is 0 Å². The average molecular weight is 272 g/mol. The van der Waals surface area contributed by atoms with E-state index in [9.17, 15) is 0 Å². The lowest BCUT2D eigenvalue weighted by Gasteiger charge is -2.10. The Morgan fingerprint density at radius 3 is 2.14 bits per heavy atom. The van der Waals surface area contributed by atoms with Crippen molar-refractivity contribution in [3.8, 4) is 6.07 Å². The molecular weight excluding hydrogens is 256 g/mol. The van der Waals surface area contributed by atoms with Crippen LogP contribution in [0.25, 0.3) is 5.57 Å². The van der Waals surface area contributed by atoms with Crippen molar-refractivity contribution in [3.05, 3.63) is 77.4 Å². The topological polar surface area (TPSA) is 36.1 Å². The lowest BCUT2D eigenvalue weighted by atomic mass is 9.92. The number of hydrogen-bond acceptors (Lipinski definition) is 2. The highest BCUT2D eigenvalue weighted by molar-refractivity contribution is 6.33. The molecule has 1 aliphatic rings. The van der Waals surface area contributed by atoms with Crippen molar-refractivity contribution in [3.63, 3.8) is 0 Å². The van der Waals surface area contributed by atoms with Crippen molar-refractivity contribution >= 4 is 11.3 Å². The van der Waals surface area contributed by atoms with E-state index < -0.39 is 0 Å². The van der Waals surface area contributed by atoms with Crippen LogP contribution >= 0.6 is 0 Å². The summed E-state index contributed by atoms with van der Waals surface area (Å²) in [6.07, 6.45) is 1.34. The molecule has 0 bridgehead atoms. The molecule has 0 atom stereocenters. The molecule has 2 nitrogen and oxygen atoms in total. The van der Waals surface area contributed by atoms with Crippen LogP contribution in [-0.2, 0) is 0 Å². The first-order chi connectivity index (χ1) is 10.4. The van der Waals surface area contributed by atoms with Gasteiger partial charge < -0.3 is 0 Å². The standard InChI is InChI=1S/C19H16N2/c20-13-7-12-17-14-21-19(16-10-5-2-6-11-16)18(17)15-8-3-1-4-9-15/h1-6,8-11H,7,12,14H2. The van der Waals surface area contributed by atoms with E-state index in [1.165, 1.54) is 16.7 Å². The number of hydrogen-bond donors (Lipinski definition) is 0. The Hall–Kier alpha value is -2.66. The van der Waals surface area contributed by atoms with Gasteiger partial charge in [-0.3, -0.25) is 4.99 Å². The second kappa shape index (κ2) is 6.19. The monoisotopic (exact) mass is 272 g/mol. The van der Waals surface area contributed by atoms with E-state index in [0.29, 0.717) is 13.0 Å². The number of allylic oxidation sites excluding steroid dienone is 1. The van der Waals surface area contributed by atoms with Gasteiger partial charge in [-0.1, -0.05) is 60.7 Å². The predicted molar refractivity (Wildman–Crippen MR) is 86.1 cm³/mol. The number of benzene rings is 2. The fourth-order valence-corrected chi connectivity index (χ4v) is 2.69. The van der Waals surface area contributed by atoms with Crippen LogP contribution in [0.5, 0.6) is 0 Å². The maximum absolute atomic E-state index is 8.86. The van der Waals surface area contributed by atoms with Crippen molar-refractivity contribution in [1.29, 1.82) is 5.26 Å². The Morgan fingerprint density at radius 1 is 0.905 bits per heavy atom. The highest BCUT2D eigenvalue weighted by atomic mass is 14.8. The molecule has 2 aromatic rings. The van der Waals surface area contributed by atoms with Gasteiger partial charge >= 0.3 is 0 Å². The van der Waals surface area contributed by atoms with E-state index >= 15 is 0 Å². The molecule has 102 valence electrons. The number of nitriles is 1. The first-order valence-corrected chi connectivity index (χ1v) is 7.15. The van der Waals surface area contributed by atoms with Gasteiger partial charge in [0.05, 0.1) is 18.3 Å². The molecule has 0 N–H and O–H groups in total. The smallest absolute Gasteiger partial charge is 0.0729 e. The van der Waals surface area contributed by atoms with Gasteiger partial charge in [0.1, 0.15) is 0 Å². The third kappa shape index (κ3) is 2.78. The number of rotatable bonds is 4. The molecule has 0 fully saturated rings. The quantitative estimate of drug-likeness (QED) is 0.819. The number of aliphatic imine (C=N–C) groups is 1. The van der Waals surface area contributed by atoms with Crippen LogP contribution in [0.15, 0.2) is 71.2 Å². The van der Waals surface area contributed by atoms with Crippen LogP contribution in [0.1, 0.15) is 24.0 Å². The van der Waals surface area contributed by atoms with Gasteiger partial charge in [0.15, 0.2) is 0 Å². The normalized spacial score (nSPS) is 14.0. The summed E-state index contributed by atoms with van der Waals surface area (Å²) in [5.41, 5.74) is 5.85. The molecule has 0 radical (unpaired) electrons. The summed E-state index contributed by atoms with van der Waals surface area (Å²) in [5, 5.41) is 8.86. The minimum Gasteiger partial charge on any atom is -0.280 e. The molecule has 0 saturated heterocycles. The summed E-state index contributed by atoms with van der Waals surface area (Å²) in [4.78, 5) is 4.73. The fraction of sp³-hybridized carbons (Fsp3) is 0.158. The molecule has 2 heteroatoms. The van der Waals surface area contributed by atoms with E-state index in [1.807, 2.05) is 36.4 Å². The maximum Gasteiger partial charge on any atom is 0.0729 e. The highest BCUT2D eigenvalue weighted by Gasteiger charge is 2.21. The SMILES string of the molecule is N#CCCC1=C(c2ccccc2)C(c2ccccc2)=NC1. The van der Waals surface area contributed by atoms with Gasteiger partial charge in [-0.2, -0.15) is 5.26 Å². The van der Waals surface area contributed by atoms with Gasteiger partial charge in [-0.15, -0.1) is 0 Å². The van der Waals surface area contributed by atoms with Crippen molar-refractivity contribution in [1.82, 2.24) is 0 Å². The summed E-state index contributed by atoms with van der Waals surface area (Å²) < 4.78 is 0. The second-order valence-electron chi connectivity index (χ2n) is 5.03. The van der Waals surface area contributed by atoms with Gasteiger partial charge in [0, 0.05) is 17.6 Å². The van der Waals surface area contributed by atoms with Gasteiger partial charge in [-0.25, -0.2) is 0 Å². The molecule has 0 saturated carbocycles. The van der Waals surface area contributed by atoms with E-state index in [0.717, 1.165) is 17.7 Å². The Bertz CT molecular complexity index is 719. The molecule has 3 rings (SSSR count). The minimum absolute atomic E-state index is 0.545. The highest BCUT2D eigenvalue weighted by Crippen LogP contribution is 2.31. The first-order valence-electron chi connectivity index (χ1n) is 7.15. The molecule has 0 aromatic heterocycles. The summed E-state index contributed by atoms with van der Waals surface area (Å²) >= 11 is 0. The first kappa shape index (κ1) is 13.3. The zero-order valence-electron chi connectivity index (χ0n) is 11.8. The molecule has 1 aliphatic heterocycles. The maximum atomic E-state index is 8.86. The molecule has 0 unspecified atom stereocenters. The third-order valence-electron chi connectivity index (χ3n) is 3.67. The van der Waals surface area contributed by atoms with E-state index in [2.05, 4.69) is 30.3 Å². The zero-order valence-corrected chi connectivity index (χ0v) is 11.8. The van der Waals surface area contributed by atoms with Crippen LogP contribution in [0.2, 0.25) is 0 Å². The van der Waals surface area contributed by atoms with Crippen LogP contribution in [0.3, 0.4) is 0 Å². The summed E-state index contributed by atoms with van der Waals surface area (Å²) in [5.74, 6) is 0. The third-order valence-corrected chi connectivity index (χ3v) is 3.67. The molecular formula is C19H16N2. The zero-order chi connectivity index (χ0) is 14.5. The molecule has 0 amide bonds. The van der Waals surface area contributed by atoms with Crippen molar-refractivity contribution in [2.75, 3.05) is 6.54 Å². The van der Waals surface area contributed by atoms with Gasteiger partial charge in [-0.05, 0) is 17.6 Å². The van der Waals surface area contributed by atoms with Crippen LogP contribution in [0.4, 0.5) is 0 Å². The second-order valence-corrected chi connectivity index (χ2v) is 5.03. The molecule has 0 aliphatic carbocycles. The van der Waals surface area contributed by atoms with E-state index in [-0.39, 0.29) is 0 Å². The van der Waals surface area contributed by atoms with E-state index in [4.69, 9.17) is 10.3 Å².